The smallest absolute Gasteiger partial charge is 0.248 e. The molecule has 0 aliphatic carbocycles. The van der Waals surface area contributed by atoms with Crippen LogP contribution in [-0.4, -0.2) is 15.9 Å². The fourth-order valence-electron chi connectivity index (χ4n) is 2.03. The number of primary amides is 1. The zero-order valence-electron chi connectivity index (χ0n) is 11.6. The average Bonchev–Trinajstić information content (AvgIpc) is 2.76. The van der Waals surface area contributed by atoms with Crippen LogP contribution in [0, 0.1) is 13.8 Å². The third-order valence-electron chi connectivity index (χ3n) is 3.28. The molecular formula is C15H13N3O2S. The van der Waals surface area contributed by atoms with Gasteiger partial charge in [-0.05, 0) is 43.7 Å². The van der Waals surface area contributed by atoms with Gasteiger partial charge in [-0.15, -0.1) is 11.3 Å². The number of nitrogens with two attached hydrogens (primary N) is 1. The topological polar surface area (TPSA) is 78.1 Å². The highest BCUT2D eigenvalue weighted by molar-refractivity contribution is 7.18. The van der Waals surface area contributed by atoms with Crippen LogP contribution in [-0.2, 0) is 0 Å². The lowest BCUT2D eigenvalue weighted by Gasteiger charge is -2.06. The van der Waals surface area contributed by atoms with Crippen LogP contribution in [0.4, 0.5) is 0 Å². The summed E-state index contributed by atoms with van der Waals surface area (Å²) in [6.07, 6.45) is 1.49. The molecule has 0 fully saturated rings. The average molecular weight is 299 g/mol. The van der Waals surface area contributed by atoms with E-state index in [4.69, 9.17) is 10.5 Å². The van der Waals surface area contributed by atoms with Gasteiger partial charge in [0.25, 0.3) is 0 Å². The lowest BCUT2D eigenvalue weighted by atomic mass is 10.2. The number of nitrogens with zero attached hydrogens (tertiary/aromatic N) is 2. The van der Waals surface area contributed by atoms with Gasteiger partial charge in [0.05, 0.1) is 5.39 Å². The predicted molar refractivity (Wildman–Crippen MR) is 81.9 cm³/mol. The molecule has 3 rings (SSSR count). The molecule has 0 atom stereocenters. The van der Waals surface area contributed by atoms with Gasteiger partial charge in [0.2, 0.25) is 11.8 Å². The highest BCUT2D eigenvalue weighted by Crippen LogP contribution is 2.35. The van der Waals surface area contributed by atoms with E-state index >= 15 is 0 Å². The van der Waals surface area contributed by atoms with Crippen molar-refractivity contribution in [2.75, 3.05) is 0 Å². The molecule has 0 unspecified atom stereocenters. The lowest BCUT2D eigenvalue weighted by molar-refractivity contribution is 0.100. The monoisotopic (exact) mass is 299 g/mol. The Hall–Kier alpha value is -2.47. The number of hydrogen-bond acceptors (Lipinski definition) is 5. The van der Waals surface area contributed by atoms with Gasteiger partial charge in [-0.25, -0.2) is 9.97 Å². The van der Waals surface area contributed by atoms with Crippen LogP contribution in [0.5, 0.6) is 11.6 Å². The summed E-state index contributed by atoms with van der Waals surface area (Å²) < 4.78 is 5.82. The van der Waals surface area contributed by atoms with Gasteiger partial charge in [-0.2, -0.15) is 0 Å². The van der Waals surface area contributed by atoms with Crippen LogP contribution >= 0.6 is 11.3 Å². The number of benzene rings is 1. The lowest BCUT2D eigenvalue weighted by Crippen LogP contribution is -2.10. The summed E-state index contributed by atoms with van der Waals surface area (Å²) in [5.41, 5.74) is 6.78. The molecule has 2 N–H and O–H groups in total. The molecule has 0 bridgehead atoms. The Morgan fingerprint density at radius 1 is 1.19 bits per heavy atom. The second-order valence-corrected chi connectivity index (χ2v) is 5.84. The Balaban J connectivity index is 2.00. The summed E-state index contributed by atoms with van der Waals surface area (Å²) in [5.74, 6) is 0.659. The number of carbonyl (C=O) groups excluding carboxylic acids is 1. The van der Waals surface area contributed by atoms with E-state index in [2.05, 4.69) is 9.97 Å². The Kier molecular flexibility index (Phi) is 3.31. The van der Waals surface area contributed by atoms with Crippen molar-refractivity contribution in [3.05, 3.63) is 46.6 Å². The van der Waals surface area contributed by atoms with E-state index < -0.39 is 5.91 Å². The van der Waals surface area contributed by atoms with E-state index in [1.165, 1.54) is 11.2 Å². The number of hydrogen-bond donors (Lipinski definition) is 1. The van der Waals surface area contributed by atoms with Gasteiger partial charge in [0.15, 0.2) is 0 Å². The van der Waals surface area contributed by atoms with E-state index in [0.29, 0.717) is 17.2 Å². The summed E-state index contributed by atoms with van der Waals surface area (Å²) in [6.45, 7) is 4.08. The first-order valence-corrected chi connectivity index (χ1v) is 7.16. The molecule has 21 heavy (non-hydrogen) atoms. The van der Waals surface area contributed by atoms with E-state index in [-0.39, 0.29) is 0 Å². The first-order valence-electron chi connectivity index (χ1n) is 6.34. The van der Waals surface area contributed by atoms with Gasteiger partial charge in [-0.3, -0.25) is 4.79 Å². The normalized spacial score (nSPS) is 10.8. The Morgan fingerprint density at radius 3 is 2.57 bits per heavy atom. The maximum absolute atomic E-state index is 11.1. The molecular weight excluding hydrogens is 286 g/mol. The van der Waals surface area contributed by atoms with Gasteiger partial charge in [0.1, 0.15) is 16.9 Å². The van der Waals surface area contributed by atoms with Crippen molar-refractivity contribution in [3.63, 3.8) is 0 Å². The summed E-state index contributed by atoms with van der Waals surface area (Å²) in [6, 6.07) is 6.65. The van der Waals surface area contributed by atoms with Crippen molar-refractivity contribution >= 4 is 27.5 Å². The SMILES string of the molecule is Cc1sc2ncnc(Oc3ccc(C(N)=O)cc3)c2c1C. The maximum Gasteiger partial charge on any atom is 0.248 e. The highest BCUT2D eigenvalue weighted by atomic mass is 32.1. The number of carbonyl (C=O) groups is 1. The van der Waals surface area contributed by atoms with Gasteiger partial charge in [0, 0.05) is 10.4 Å². The van der Waals surface area contributed by atoms with E-state index in [9.17, 15) is 4.79 Å². The summed E-state index contributed by atoms with van der Waals surface area (Å²) in [4.78, 5) is 21.6. The predicted octanol–water partition coefficient (Wildman–Crippen LogP) is 3.20. The minimum absolute atomic E-state index is 0.442. The second kappa shape index (κ2) is 5.14. The minimum Gasteiger partial charge on any atom is -0.438 e. The van der Waals surface area contributed by atoms with Crippen LogP contribution in [0.2, 0.25) is 0 Å². The molecule has 0 aliphatic heterocycles. The number of aromatic nitrogens is 2. The fraction of sp³-hybridized carbons (Fsp3) is 0.133. The molecule has 0 radical (unpaired) electrons. The standard InChI is InChI=1S/C15H13N3O2S/c1-8-9(2)21-15-12(8)14(17-7-18-15)20-11-5-3-10(4-6-11)13(16)19/h3-7H,1-2H3,(H2,16,19). The molecule has 6 heteroatoms. The van der Waals surface area contributed by atoms with Crippen molar-refractivity contribution in [2.45, 2.75) is 13.8 Å². The number of amides is 1. The summed E-state index contributed by atoms with van der Waals surface area (Å²) in [5, 5.41) is 0.930. The zero-order chi connectivity index (χ0) is 15.0. The van der Waals surface area contributed by atoms with Gasteiger partial charge >= 0.3 is 0 Å². The van der Waals surface area contributed by atoms with Crippen molar-refractivity contribution in [1.82, 2.24) is 9.97 Å². The molecule has 0 saturated carbocycles. The van der Waals surface area contributed by atoms with Crippen LogP contribution in [0.15, 0.2) is 30.6 Å². The Morgan fingerprint density at radius 2 is 1.90 bits per heavy atom. The number of rotatable bonds is 3. The van der Waals surface area contributed by atoms with Crippen molar-refractivity contribution in [1.29, 1.82) is 0 Å². The second-order valence-electron chi connectivity index (χ2n) is 4.63. The van der Waals surface area contributed by atoms with E-state index in [0.717, 1.165) is 15.8 Å². The third-order valence-corrected chi connectivity index (χ3v) is 4.40. The third kappa shape index (κ3) is 2.45. The fourth-order valence-corrected chi connectivity index (χ4v) is 3.01. The number of aryl methyl sites for hydroxylation is 2. The number of thiophene rings is 1. The van der Waals surface area contributed by atoms with Gasteiger partial charge < -0.3 is 10.5 Å². The molecule has 1 amide bonds. The summed E-state index contributed by atoms with van der Waals surface area (Å²) >= 11 is 1.62. The Bertz CT molecular complexity index is 825. The van der Waals surface area contributed by atoms with Crippen LogP contribution in [0.25, 0.3) is 10.2 Å². The quantitative estimate of drug-likeness (QED) is 0.805. The van der Waals surface area contributed by atoms with Crippen LogP contribution in [0.3, 0.4) is 0 Å². The minimum atomic E-state index is -0.463. The molecule has 106 valence electrons. The molecule has 3 aromatic rings. The van der Waals surface area contributed by atoms with Gasteiger partial charge in [-0.1, -0.05) is 0 Å². The molecule has 1 aromatic carbocycles. The van der Waals surface area contributed by atoms with Crippen molar-refractivity contribution < 1.29 is 9.53 Å². The zero-order valence-corrected chi connectivity index (χ0v) is 12.4. The van der Waals surface area contributed by atoms with E-state index in [1.807, 2.05) is 13.8 Å². The van der Waals surface area contributed by atoms with Crippen molar-refractivity contribution in [3.8, 4) is 11.6 Å². The molecule has 0 aliphatic rings. The number of fused-ring (bicyclic) bond motifs is 1. The highest BCUT2D eigenvalue weighted by Gasteiger charge is 2.13. The largest absolute Gasteiger partial charge is 0.438 e. The van der Waals surface area contributed by atoms with Crippen LogP contribution in [0.1, 0.15) is 20.8 Å². The van der Waals surface area contributed by atoms with E-state index in [1.54, 1.807) is 35.6 Å². The molecule has 5 nitrogen and oxygen atoms in total. The molecule has 0 saturated heterocycles. The van der Waals surface area contributed by atoms with Crippen molar-refractivity contribution in [2.24, 2.45) is 5.73 Å². The first kappa shape index (κ1) is 13.5. The molecule has 0 spiro atoms. The number of ether oxygens (including phenoxy) is 1. The molecule has 2 aromatic heterocycles. The summed E-state index contributed by atoms with van der Waals surface area (Å²) in [7, 11) is 0. The Labute approximate surface area is 125 Å². The van der Waals surface area contributed by atoms with Crippen LogP contribution < -0.4 is 10.5 Å². The first-order chi connectivity index (χ1) is 10.1. The molecule has 2 heterocycles. The maximum atomic E-state index is 11.1.